The van der Waals surface area contributed by atoms with Crippen molar-refractivity contribution in [3.8, 4) is 11.3 Å². The van der Waals surface area contributed by atoms with Gasteiger partial charge in [-0.3, -0.25) is 39.1 Å². The van der Waals surface area contributed by atoms with Crippen molar-refractivity contribution < 1.29 is 19.2 Å². The quantitative estimate of drug-likeness (QED) is 0.362. The number of anilines is 1. The topological polar surface area (TPSA) is 138 Å². The fourth-order valence-electron chi connectivity index (χ4n) is 6.81. The van der Waals surface area contributed by atoms with Crippen molar-refractivity contribution >= 4 is 29.3 Å². The molecule has 11 nitrogen and oxygen atoms in total. The first-order valence-electron chi connectivity index (χ1n) is 15.2. The van der Waals surface area contributed by atoms with Crippen molar-refractivity contribution in [3.63, 3.8) is 0 Å². The highest BCUT2D eigenvalue weighted by Gasteiger charge is 2.44. The molecule has 3 aliphatic heterocycles. The monoisotopic (exact) mass is 581 g/mol. The van der Waals surface area contributed by atoms with E-state index in [1.54, 1.807) is 18.2 Å². The number of nitrogens with one attached hydrogen (secondary N) is 3. The van der Waals surface area contributed by atoms with Gasteiger partial charge >= 0.3 is 0 Å². The molecule has 0 bridgehead atoms. The van der Waals surface area contributed by atoms with Gasteiger partial charge in [-0.25, -0.2) is 0 Å². The molecule has 2 aromatic heterocycles. The molecular formula is C32H35N7O4. The molecule has 1 unspecified atom stereocenters. The summed E-state index contributed by atoms with van der Waals surface area (Å²) in [5.41, 5.74) is 5.60. The van der Waals surface area contributed by atoms with Gasteiger partial charge in [0.15, 0.2) is 0 Å². The molecule has 1 atom stereocenters. The molecule has 3 fully saturated rings. The van der Waals surface area contributed by atoms with Gasteiger partial charge in [0.05, 0.1) is 28.6 Å². The van der Waals surface area contributed by atoms with Gasteiger partial charge in [0, 0.05) is 42.0 Å². The Morgan fingerprint density at radius 1 is 0.953 bits per heavy atom. The highest BCUT2D eigenvalue weighted by Crippen LogP contribution is 2.41. The van der Waals surface area contributed by atoms with E-state index in [9.17, 15) is 19.2 Å². The van der Waals surface area contributed by atoms with Gasteiger partial charge < -0.3 is 10.6 Å². The van der Waals surface area contributed by atoms with Crippen molar-refractivity contribution in [2.75, 3.05) is 25.0 Å². The summed E-state index contributed by atoms with van der Waals surface area (Å²) in [7, 11) is 0. The first-order chi connectivity index (χ1) is 20.9. The second-order valence-corrected chi connectivity index (χ2v) is 12.2. The van der Waals surface area contributed by atoms with Crippen LogP contribution in [-0.2, 0) is 9.59 Å². The maximum atomic E-state index is 13.2. The van der Waals surface area contributed by atoms with Gasteiger partial charge in [0.1, 0.15) is 6.04 Å². The molecule has 5 heterocycles. The number of pyridine rings is 1. The minimum atomic E-state index is -0.965. The minimum Gasteiger partial charge on any atom is -0.385 e. The van der Waals surface area contributed by atoms with Crippen molar-refractivity contribution in [1.82, 2.24) is 30.3 Å². The van der Waals surface area contributed by atoms with Gasteiger partial charge in [-0.05, 0) is 88.4 Å². The van der Waals surface area contributed by atoms with E-state index in [-0.39, 0.29) is 29.9 Å². The fourth-order valence-corrected chi connectivity index (χ4v) is 6.81. The number of imide groups is 2. The Morgan fingerprint density at radius 2 is 1.74 bits per heavy atom. The molecule has 7 rings (SSSR count). The molecule has 3 N–H and O–H groups in total. The zero-order valence-corrected chi connectivity index (χ0v) is 24.1. The Labute approximate surface area is 249 Å². The average molecular weight is 582 g/mol. The Hall–Kier alpha value is -4.38. The number of nitrogens with zero attached hydrogens (tertiary/aromatic N) is 4. The van der Waals surface area contributed by atoms with Crippen LogP contribution in [0.5, 0.6) is 0 Å². The highest BCUT2D eigenvalue weighted by atomic mass is 16.2. The number of aromatic nitrogens is 3. The van der Waals surface area contributed by atoms with Crippen LogP contribution in [0.25, 0.3) is 11.3 Å². The first kappa shape index (κ1) is 27.5. The maximum Gasteiger partial charge on any atom is 0.262 e. The van der Waals surface area contributed by atoms with Gasteiger partial charge in [-0.1, -0.05) is 6.07 Å². The predicted octanol–water partition coefficient (Wildman–Crippen LogP) is 3.18. The van der Waals surface area contributed by atoms with E-state index in [1.165, 1.54) is 0 Å². The van der Waals surface area contributed by atoms with E-state index in [0.717, 1.165) is 78.6 Å². The number of hydrogen-bond donors (Lipinski definition) is 3. The lowest BCUT2D eigenvalue weighted by Gasteiger charge is -2.35. The van der Waals surface area contributed by atoms with Crippen LogP contribution in [0.2, 0.25) is 0 Å². The number of fused-ring (bicyclic) bond motifs is 1. The molecule has 43 heavy (non-hydrogen) atoms. The molecule has 4 aliphatic rings. The SMILES string of the molecule is Cc1cccc(-c2cn([C@H]3C[C@H](CNc4ccc5c(c4)C(=O)N(C4CCC(=O)NC4=O)C5=O)C3)nc2C2CCNCC2)n1. The van der Waals surface area contributed by atoms with Crippen LogP contribution in [0, 0.1) is 12.8 Å². The van der Waals surface area contributed by atoms with Crippen LogP contribution in [0.3, 0.4) is 0 Å². The number of piperidine rings is 2. The van der Waals surface area contributed by atoms with E-state index in [1.807, 2.05) is 13.0 Å². The Balaban J connectivity index is 1.00. The maximum absolute atomic E-state index is 13.2. The molecule has 222 valence electrons. The molecular weight excluding hydrogens is 546 g/mol. The van der Waals surface area contributed by atoms with Crippen LogP contribution in [0.1, 0.15) is 82.6 Å². The molecule has 1 aromatic carbocycles. The Morgan fingerprint density at radius 3 is 2.51 bits per heavy atom. The minimum absolute atomic E-state index is 0.0982. The zero-order valence-electron chi connectivity index (χ0n) is 24.1. The summed E-state index contributed by atoms with van der Waals surface area (Å²) in [6.45, 7) is 4.77. The van der Waals surface area contributed by atoms with Crippen LogP contribution in [0.15, 0.2) is 42.6 Å². The van der Waals surface area contributed by atoms with E-state index < -0.39 is 23.8 Å². The number of aryl methyl sites for hydroxylation is 1. The van der Waals surface area contributed by atoms with Gasteiger partial charge in [-0.2, -0.15) is 5.10 Å². The summed E-state index contributed by atoms with van der Waals surface area (Å²) in [6, 6.07) is 10.6. The third-order valence-corrected chi connectivity index (χ3v) is 9.27. The Kier molecular flexibility index (Phi) is 7.04. The van der Waals surface area contributed by atoms with Crippen LogP contribution in [0.4, 0.5) is 5.69 Å². The molecule has 2 saturated heterocycles. The van der Waals surface area contributed by atoms with Crippen molar-refractivity contribution in [1.29, 1.82) is 0 Å². The smallest absolute Gasteiger partial charge is 0.262 e. The number of carbonyl (C=O) groups excluding carboxylic acids is 4. The Bertz CT molecular complexity index is 1620. The molecule has 4 amide bonds. The summed E-state index contributed by atoms with van der Waals surface area (Å²) in [4.78, 5) is 55.8. The first-order valence-corrected chi connectivity index (χ1v) is 15.2. The summed E-state index contributed by atoms with van der Waals surface area (Å²) in [5.74, 6) is -1.11. The third-order valence-electron chi connectivity index (χ3n) is 9.27. The van der Waals surface area contributed by atoms with Gasteiger partial charge in [0.2, 0.25) is 11.8 Å². The van der Waals surface area contributed by atoms with E-state index in [2.05, 4.69) is 39.0 Å². The normalized spacial score (nSPS) is 24.1. The fraction of sp³-hybridized carbons (Fsp3) is 0.438. The van der Waals surface area contributed by atoms with Crippen LogP contribution < -0.4 is 16.0 Å². The summed E-state index contributed by atoms with van der Waals surface area (Å²) >= 11 is 0. The van der Waals surface area contributed by atoms with E-state index in [4.69, 9.17) is 10.1 Å². The second-order valence-electron chi connectivity index (χ2n) is 12.2. The van der Waals surface area contributed by atoms with Crippen molar-refractivity contribution in [2.45, 2.75) is 63.5 Å². The predicted molar refractivity (Wildman–Crippen MR) is 158 cm³/mol. The highest BCUT2D eigenvalue weighted by molar-refractivity contribution is 6.23. The third kappa shape index (κ3) is 5.11. The van der Waals surface area contributed by atoms with Gasteiger partial charge in [0.25, 0.3) is 11.8 Å². The summed E-state index contributed by atoms with van der Waals surface area (Å²) in [6.07, 6.45) is 6.56. The molecule has 0 spiro atoms. The van der Waals surface area contributed by atoms with E-state index >= 15 is 0 Å². The lowest BCUT2D eigenvalue weighted by atomic mass is 9.80. The van der Waals surface area contributed by atoms with E-state index in [0.29, 0.717) is 17.9 Å². The number of benzene rings is 1. The number of hydrogen-bond acceptors (Lipinski definition) is 8. The van der Waals surface area contributed by atoms with Crippen LogP contribution >= 0.6 is 0 Å². The van der Waals surface area contributed by atoms with Crippen molar-refractivity contribution in [3.05, 3.63) is 65.1 Å². The van der Waals surface area contributed by atoms with Crippen LogP contribution in [-0.4, -0.2) is 69.0 Å². The zero-order chi connectivity index (χ0) is 29.7. The lowest BCUT2D eigenvalue weighted by Crippen LogP contribution is -2.54. The number of rotatable bonds is 7. The molecule has 1 aliphatic carbocycles. The number of amides is 4. The summed E-state index contributed by atoms with van der Waals surface area (Å²) < 4.78 is 2.15. The lowest BCUT2D eigenvalue weighted by molar-refractivity contribution is -0.136. The van der Waals surface area contributed by atoms with Gasteiger partial charge in [-0.15, -0.1) is 0 Å². The molecule has 3 aromatic rings. The molecule has 1 saturated carbocycles. The van der Waals surface area contributed by atoms with Crippen molar-refractivity contribution in [2.24, 2.45) is 5.92 Å². The second kappa shape index (κ2) is 11.0. The average Bonchev–Trinajstić information content (AvgIpc) is 3.52. The molecule has 0 radical (unpaired) electrons. The number of carbonyl (C=O) groups is 4. The standard InChI is InChI=1S/C32H35N7O4/c1-18-3-2-4-26(35-18)25-17-38(37-29(25)20-9-11-33-12-10-20)22-13-19(14-22)16-34-21-5-6-23-24(15-21)32(43)39(31(23)42)27-7-8-28(40)36-30(27)41/h2-6,15,17,19-20,22,27,33-34H,7-14,16H2,1H3,(H,36,40,41)/t19-,22-,27?. The largest absolute Gasteiger partial charge is 0.385 e. The molecule has 11 heteroatoms. The summed E-state index contributed by atoms with van der Waals surface area (Å²) in [5, 5.41) is 14.3.